The zero-order valence-electron chi connectivity index (χ0n) is 28.4. The van der Waals surface area contributed by atoms with Gasteiger partial charge in [-0.15, -0.1) is 0 Å². The Morgan fingerprint density at radius 2 is 1.34 bits per heavy atom. The fourth-order valence-corrected chi connectivity index (χ4v) is 4.94. The summed E-state index contributed by atoms with van der Waals surface area (Å²) in [5.41, 5.74) is -0.178. The number of ether oxygens (including phenoxy) is 3. The van der Waals surface area contributed by atoms with Crippen LogP contribution in [0.5, 0.6) is 5.75 Å². The van der Waals surface area contributed by atoms with Gasteiger partial charge in [0, 0.05) is 18.6 Å². The quantitative estimate of drug-likeness (QED) is 0.0211. The van der Waals surface area contributed by atoms with Gasteiger partial charge in [0.25, 0.3) is 13.5 Å². The van der Waals surface area contributed by atoms with E-state index in [4.69, 9.17) is 23.3 Å². The van der Waals surface area contributed by atoms with E-state index in [-0.39, 0.29) is 24.5 Å². The lowest BCUT2D eigenvalue weighted by Gasteiger charge is -2.28. The van der Waals surface area contributed by atoms with Crippen LogP contribution in [0.3, 0.4) is 0 Å². The second kappa shape index (κ2) is 23.4. The molecular weight excluding hydrogens is 635 g/mol. The minimum atomic E-state index is -4.75. The lowest BCUT2D eigenvalue weighted by molar-refractivity contribution is -0.870. The van der Waals surface area contributed by atoms with Crippen molar-refractivity contribution in [1.82, 2.24) is 0 Å². The molecule has 0 saturated heterocycles. The van der Waals surface area contributed by atoms with Crippen LogP contribution in [-0.2, 0) is 37.5 Å². The smallest absolute Gasteiger partial charge is 0.311 e. The molecule has 14 nitrogen and oxygen atoms in total. The standard InChI is InChI=1S/C32H53N2O12P/c1-5-6-7-8-9-10-11-12-13-14-15-16-30(35)42-25-29(26-44-47(40,41)43-24-23-34(2,3)4)46-32(37)22-21-31(36)45-28-19-17-27(18-20-28)33(38)39/h17-20,29H,5-16,21-26H2,1-4H3. The topological polar surface area (TPSA) is 181 Å². The summed E-state index contributed by atoms with van der Waals surface area (Å²) in [6.07, 6.45) is 10.5. The molecule has 0 aromatic heterocycles. The average molecular weight is 689 g/mol. The highest BCUT2D eigenvalue weighted by molar-refractivity contribution is 7.45. The van der Waals surface area contributed by atoms with Crippen molar-refractivity contribution in [3.8, 4) is 5.75 Å². The number of nitrogens with zero attached hydrogens (tertiary/aromatic N) is 2. The lowest BCUT2D eigenvalue weighted by atomic mass is 10.1. The van der Waals surface area contributed by atoms with Crippen LogP contribution < -0.4 is 9.63 Å². The van der Waals surface area contributed by atoms with Crippen LogP contribution in [0.1, 0.15) is 96.8 Å². The van der Waals surface area contributed by atoms with Crippen molar-refractivity contribution in [3.05, 3.63) is 34.4 Å². The second-order valence-corrected chi connectivity index (χ2v) is 13.8. The minimum absolute atomic E-state index is 0.0569. The number of non-ortho nitro benzene ring substituents is 1. The molecule has 268 valence electrons. The number of quaternary nitrogens is 1. The van der Waals surface area contributed by atoms with Gasteiger partial charge in [-0.3, -0.25) is 29.1 Å². The van der Waals surface area contributed by atoms with Crippen LogP contribution >= 0.6 is 7.82 Å². The highest BCUT2D eigenvalue weighted by Gasteiger charge is 2.22. The summed E-state index contributed by atoms with van der Waals surface area (Å²) in [6.45, 7) is 1.36. The molecule has 0 aliphatic heterocycles. The fourth-order valence-electron chi connectivity index (χ4n) is 4.21. The van der Waals surface area contributed by atoms with Gasteiger partial charge in [0.1, 0.15) is 25.5 Å². The van der Waals surface area contributed by atoms with Gasteiger partial charge in [-0.25, -0.2) is 0 Å². The summed E-state index contributed by atoms with van der Waals surface area (Å²) in [6, 6.07) is 4.83. The average Bonchev–Trinajstić information content (AvgIpc) is 2.99. The molecule has 1 aromatic rings. The Labute approximate surface area is 278 Å². The van der Waals surface area contributed by atoms with Crippen LogP contribution in [-0.4, -0.2) is 80.9 Å². The summed E-state index contributed by atoms with van der Waals surface area (Å²) in [5, 5.41) is 10.8. The third kappa shape index (κ3) is 23.1. The van der Waals surface area contributed by atoms with Gasteiger partial charge in [0.15, 0.2) is 6.10 Å². The minimum Gasteiger partial charge on any atom is -0.756 e. The number of phosphoric acid groups is 1. The summed E-state index contributed by atoms with van der Waals surface area (Å²) in [7, 11) is 0.837. The van der Waals surface area contributed by atoms with Crippen molar-refractivity contribution in [3.63, 3.8) is 0 Å². The monoisotopic (exact) mass is 688 g/mol. The number of benzene rings is 1. The number of rotatable bonds is 27. The summed E-state index contributed by atoms with van der Waals surface area (Å²) in [4.78, 5) is 59.4. The molecule has 0 amide bonds. The lowest BCUT2D eigenvalue weighted by Crippen LogP contribution is -2.37. The van der Waals surface area contributed by atoms with Crippen LogP contribution in [0.25, 0.3) is 0 Å². The third-order valence-corrected chi connectivity index (χ3v) is 7.92. The Kier molecular flexibility index (Phi) is 21.0. The SMILES string of the molecule is CCCCCCCCCCCCCC(=O)OCC(COP(=O)([O-])OCC[N+](C)(C)C)OC(=O)CCC(=O)Oc1ccc([N+](=O)[O-])cc1. The number of hydrogen-bond acceptors (Lipinski definition) is 12. The molecule has 0 saturated carbocycles. The first kappa shape index (κ1) is 42.1. The molecule has 1 rings (SSSR count). The van der Waals surface area contributed by atoms with E-state index in [1.807, 2.05) is 21.1 Å². The van der Waals surface area contributed by atoms with Gasteiger partial charge in [0.05, 0.1) is 45.5 Å². The number of carbonyl (C=O) groups is 3. The highest BCUT2D eigenvalue weighted by Crippen LogP contribution is 2.38. The number of nitro groups is 1. The van der Waals surface area contributed by atoms with E-state index in [0.717, 1.165) is 19.3 Å². The normalized spacial score (nSPS) is 13.4. The van der Waals surface area contributed by atoms with Crippen molar-refractivity contribution >= 4 is 31.4 Å². The van der Waals surface area contributed by atoms with Crippen molar-refractivity contribution in [2.75, 3.05) is 47.5 Å². The van der Waals surface area contributed by atoms with Gasteiger partial charge in [0.2, 0.25) is 0 Å². The number of unbranched alkanes of at least 4 members (excludes halogenated alkanes) is 10. The van der Waals surface area contributed by atoms with Gasteiger partial charge in [-0.05, 0) is 18.6 Å². The molecular formula is C32H53N2O12P. The van der Waals surface area contributed by atoms with E-state index >= 15 is 0 Å². The van der Waals surface area contributed by atoms with E-state index in [1.165, 1.54) is 69.2 Å². The van der Waals surface area contributed by atoms with E-state index in [9.17, 15) is 34.0 Å². The van der Waals surface area contributed by atoms with Gasteiger partial charge in [-0.1, -0.05) is 71.1 Å². The van der Waals surface area contributed by atoms with Gasteiger partial charge >= 0.3 is 17.9 Å². The van der Waals surface area contributed by atoms with E-state index in [0.29, 0.717) is 17.4 Å². The molecule has 0 aliphatic rings. The van der Waals surface area contributed by atoms with Crippen LogP contribution in [0.4, 0.5) is 5.69 Å². The number of esters is 3. The molecule has 0 radical (unpaired) electrons. The van der Waals surface area contributed by atoms with Crippen LogP contribution in [0, 0.1) is 10.1 Å². The molecule has 0 fully saturated rings. The number of likely N-dealkylation sites (N-methyl/N-ethyl adjacent to an activating group) is 1. The predicted octanol–water partition coefficient (Wildman–Crippen LogP) is 5.64. The van der Waals surface area contributed by atoms with Crippen LogP contribution in [0.2, 0.25) is 0 Å². The Bertz CT molecular complexity index is 1120. The maximum atomic E-state index is 12.5. The molecule has 0 bridgehead atoms. The maximum Gasteiger partial charge on any atom is 0.311 e. The highest BCUT2D eigenvalue weighted by atomic mass is 31.2. The molecule has 0 heterocycles. The second-order valence-electron chi connectivity index (χ2n) is 12.4. The molecule has 1 aromatic carbocycles. The Morgan fingerprint density at radius 1 is 0.787 bits per heavy atom. The number of carbonyl (C=O) groups excluding carboxylic acids is 3. The number of phosphoric ester groups is 1. The van der Waals surface area contributed by atoms with Crippen molar-refractivity contribution in [2.45, 2.75) is 103 Å². The van der Waals surface area contributed by atoms with Gasteiger partial charge < -0.3 is 32.6 Å². The summed E-state index contributed by atoms with van der Waals surface area (Å²) < 4.78 is 38.1. The van der Waals surface area contributed by atoms with Crippen molar-refractivity contribution in [2.24, 2.45) is 0 Å². The first-order chi connectivity index (χ1) is 22.2. The largest absolute Gasteiger partial charge is 0.756 e. The van der Waals surface area contributed by atoms with E-state index in [1.54, 1.807) is 0 Å². The van der Waals surface area contributed by atoms with E-state index in [2.05, 4.69) is 6.92 Å². The fraction of sp³-hybridized carbons (Fsp3) is 0.719. The first-order valence-electron chi connectivity index (χ1n) is 16.4. The Morgan fingerprint density at radius 3 is 1.89 bits per heavy atom. The Balaban J connectivity index is 2.53. The van der Waals surface area contributed by atoms with Crippen LogP contribution in [0.15, 0.2) is 24.3 Å². The van der Waals surface area contributed by atoms with Gasteiger partial charge in [-0.2, -0.15) is 0 Å². The van der Waals surface area contributed by atoms with E-state index < -0.39 is 62.8 Å². The Hall–Kier alpha value is -2.90. The maximum absolute atomic E-state index is 12.5. The number of hydrogen-bond donors (Lipinski definition) is 0. The molecule has 2 unspecified atom stereocenters. The summed E-state index contributed by atoms with van der Waals surface area (Å²) in [5.74, 6) is -2.14. The van der Waals surface area contributed by atoms with Crippen molar-refractivity contribution in [1.29, 1.82) is 0 Å². The zero-order valence-corrected chi connectivity index (χ0v) is 29.2. The predicted molar refractivity (Wildman–Crippen MR) is 172 cm³/mol. The number of nitro benzene ring substituents is 1. The summed E-state index contributed by atoms with van der Waals surface area (Å²) >= 11 is 0. The first-order valence-corrected chi connectivity index (χ1v) is 17.9. The molecule has 0 N–H and O–H groups in total. The zero-order chi connectivity index (χ0) is 35.1. The third-order valence-electron chi connectivity index (χ3n) is 6.96. The molecule has 15 heteroatoms. The molecule has 0 aliphatic carbocycles. The molecule has 2 atom stereocenters. The molecule has 0 spiro atoms. The van der Waals surface area contributed by atoms with Crippen molar-refractivity contribution < 1.29 is 56.5 Å². The molecule has 47 heavy (non-hydrogen) atoms.